The fourth-order valence-corrected chi connectivity index (χ4v) is 6.08. The quantitative estimate of drug-likeness (QED) is 0.451. The minimum Gasteiger partial charge on any atom is -0.454 e. The number of carbonyl (C=O) groups is 3. The van der Waals surface area contributed by atoms with Crippen molar-refractivity contribution in [2.24, 2.45) is 5.92 Å². The summed E-state index contributed by atoms with van der Waals surface area (Å²) in [5.74, 6) is 1.46. The number of fused-ring (bicyclic) bond motifs is 2. The predicted octanol–water partition coefficient (Wildman–Crippen LogP) is 5.03. The molecule has 10 heteroatoms. The van der Waals surface area contributed by atoms with E-state index in [1.807, 2.05) is 18.2 Å². The standard InChI is InChI=1S/C24H28N2O4S.CH2O3/c27-22(16-6-2-1-3-7-16)26-24-21(17-8-4-5-9-20(17)31-24)23(28)25-13-15-10-11-18-19(12-15)30-14-29-18;2-1(3)4/h10-12,16H,1-9,13-14H2,(H,25,28)(H,26,27);(H2,2,3,4). The van der Waals surface area contributed by atoms with E-state index in [9.17, 15) is 9.59 Å². The molecule has 1 fully saturated rings. The third kappa shape index (κ3) is 6.25. The number of carbonyl (C=O) groups excluding carboxylic acids is 2. The van der Waals surface area contributed by atoms with Crippen LogP contribution in [0.5, 0.6) is 11.5 Å². The molecule has 9 nitrogen and oxygen atoms in total. The molecule has 0 bridgehead atoms. The first-order valence-electron chi connectivity index (χ1n) is 12.0. The molecule has 1 saturated carbocycles. The van der Waals surface area contributed by atoms with E-state index in [1.54, 1.807) is 11.3 Å². The molecule has 2 aromatic rings. The fourth-order valence-electron chi connectivity index (χ4n) is 4.79. The third-order valence-electron chi connectivity index (χ3n) is 6.50. The molecule has 1 aromatic heterocycles. The number of amides is 2. The van der Waals surface area contributed by atoms with Crippen LogP contribution in [0.1, 0.15) is 71.3 Å². The van der Waals surface area contributed by atoms with Crippen LogP contribution in [0.3, 0.4) is 0 Å². The van der Waals surface area contributed by atoms with Gasteiger partial charge in [-0.2, -0.15) is 0 Å². The highest BCUT2D eigenvalue weighted by atomic mass is 32.1. The Labute approximate surface area is 207 Å². The van der Waals surface area contributed by atoms with Crippen LogP contribution in [0.2, 0.25) is 0 Å². The van der Waals surface area contributed by atoms with Gasteiger partial charge in [-0.05, 0) is 61.8 Å². The number of carboxylic acid groups (broad SMARTS) is 2. The van der Waals surface area contributed by atoms with Gasteiger partial charge >= 0.3 is 6.16 Å². The largest absolute Gasteiger partial charge is 0.503 e. The van der Waals surface area contributed by atoms with E-state index in [0.29, 0.717) is 17.9 Å². The molecular formula is C25H30N2O7S. The van der Waals surface area contributed by atoms with Crippen molar-refractivity contribution in [3.8, 4) is 11.5 Å². The predicted molar refractivity (Wildman–Crippen MR) is 131 cm³/mol. The van der Waals surface area contributed by atoms with E-state index in [2.05, 4.69) is 10.6 Å². The maximum atomic E-state index is 13.3. The van der Waals surface area contributed by atoms with Crippen molar-refractivity contribution in [2.75, 3.05) is 12.1 Å². The lowest BCUT2D eigenvalue weighted by atomic mass is 9.88. The number of anilines is 1. The fraction of sp³-hybridized carbons (Fsp3) is 0.480. The maximum Gasteiger partial charge on any atom is 0.503 e. The summed E-state index contributed by atoms with van der Waals surface area (Å²) in [6.07, 6.45) is 7.61. The van der Waals surface area contributed by atoms with Crippen molar-refractivity contribution in [3.63, 3.8) is 0 Å². The Morgan fingerprint density at radius 1 is 0.971 bits per heavy atom. The van der Waals surface area contributed by atoms with Gasteiger partial charge in [-0.3, -0.25) is 9.59 Å². The first-order valence-corrected chi connectivity index (χ1v) is 12.8. The van der Waals surface area contributed by atoms with Crippen molar-refractivity contribution in [2.45, 2.75) is 64.3 Å². The van der Waals surface area contributed by atoms with Gasteiger partial charge < -0.3 is 30.3 Å². The second kappa shape index (κ2) is 11.4. The van der Waals surface area contributed by atoms with Crippen LogP contribution in [-0.2, 0) is 24.2 Å². The Balaban J connectivity index is 0.000000672. The topological polar surface area (TPSA) is 134 Å². The van der Waals surface area contributed by atoms with E-state index in [1.165, 1.54) is 11.3 Å². The zero-order valence-electron chi connectivity index (χ0n) is 19.4. The molecule has 1 aromatic carbocycles. The minimum absolute atomic E-state index is 0.0671. The van der Waals surface area contributed by atoms with Gasteiger partial charge in [-0.1, -0.05) is 25.3 Å². The maximum absolute atomic E-state index is 13.3. The Morgan fingerprint density at radius 3 is 2.46 bits per heavy atom. The first kappa shape index (κ1) is 24.8. The van der Waals surface area contributed by atoms with Crippen molar-refractivity contribution in [3.05, 3.63) is 39.8 Å². The van der Waals surface area contributed by atoms with Gasteiger partial charge in [0, 0.05) is 17.3 Å². The van der Waals surface area contributed by atoms with Crippen molar-refractivity contribution >= 4 is 34.3 Å². The minimum atomic E-state index is -1.83. The van der Waals surface area contributed by atoms with Gasteiger partial charge in [0.15, 0.2) is 11.5 Å². The molecule has 0 radical (unpaired) electrons. The van der Waals surface area contributed by atoms with Crippen LogP contribution in [0.4, 0.5) is 9.80 Å². The number of ether oxygens (including phenoxy) is 2. The molecule has 0 spiro atoms. The number of aryl methyl sites for hydroxylation is 1. The lowest BCUT2D eigenvalue weighted by molar-refractivity contribution is -0.120. The summed E-state index contributed by atoms with van der Waals surface area (Å²) in [5.41, 5.74) is 2.75. The molecule has 0 saturated heterocycles. The Hall–Kier alpha value is -3.27. The molecule has 0 atom stereocenters. The highest BCUT2D eigenvalue weighted by molar-refractivity contribution is 7.17. The number of hydrogen-bond donors (Lipinski definition) is 4. The summed E-state index contributed by atoms with van der Waals surface area (Å²) in [7, 11) is 0. The van der Waals surface area contributed by atoms with Crippen LogP contribution < -0.4 is 20.1 Å². The van der Waals surface area contributed by atoms with E-state index < -0.39 is 6.16 Å². The smallest absolute Gasteiger partial charge is 0.454 e. The Bertz CT molecular complexity index is 1090. The lowest BCUT2D eigenvalue weighted by Crippen LogP contribution is -2.28. The highest BCUT2D eigenvalue weighted by Gasteiger charge is 2.28. The molecule has 35 heavy (non-hydrogen) atoms. The van der Waals surface area contributed by atoms with Crippen molar-refractivity contribution in [1.29, 1.82) is 0 Å². The van der Waals surface area contributed by atoms with Gasteiger partial charge in [0.1, 0.15) is 5.00 Å². The third-order valence-corrected chi connectivity index (χ3v) is 7.71. The van der Waals surface area contributed by atoms with Crippen LogP contribution in [-0.4, -0.2) is 35.0 Å². The molecule has 2 aliphatic carbocycles. The molecule has 188 valence electrons. The monoisotopic (exact) mass is 502 g/mol. The van der Waals surface area contributed by atoms with Gasteiger partial charge in [-0.25, -0.2) is 4.79 Å². The highest BCUT2D eigenvalue weighted by Crippen LogP contribution is 2.39. The molecule has 2 heterocycles. The normalized spacial score (nSPS) is 16.5. The van der Waals surface area contributed by atoms with E-state index >= 15 is 0 Å². The van der Waals surface area contributed by atoms with Gasteiger partial charge in [0.05, 0.1) is 5.56 Å². The van der Waals surface area contributed by atoms with Crippen LogP contribution >= 0.6 is 11.3 Å². The molecule has 4 N–H and O–H groups in total. The Kier molecular flexibility index (Phi) is 8.12. The van der Waals surface area contributed by atoms with E-state index in [4.69, 9.17) is 24.5 Å². The van der Waals surface area contributed by atoms with Gasteiger partial charge in [-0.15, -0.1) is 11.3 Å². The summed E-state index contributed by atoms with van der Waals surface area (Å²) in [6.45, 7) is 0.631. The molecule has 1 aliphatic heterocycles. The number of rotatable bonds is 5. The first-order chi connectivity index (χ1) is 16.9. The second-order valence-electron chi connectivity index (χ2n) is 8.89. The summed E-state index contributed by atoms with van der Waals surface area (Å²) in [4.78, 5) is 35.9. The van der Waals surface area contributed by atoms with Crippen molar-refractivity contribution < 1.29 is 34.1 Å². The molecule has 5 rings (SSSR count). The number of hydrogen-bond acceptors (Lipinski definition) is 6. The summed E-state index contributed by atoms with van der Waals surface area (Å²) in [5, 5.41) is 20.9. The summed E-state index contributed by atoms with van der Waals surface area (Å²) < 4.78 is 10.8. The molecule has 3 aliphatic rings. The zero-order chi connectivity index (χ0) is 24.8. The number of benzene rings is 1. The second-order valence-corrected chi connectivity index (χ2v) is 10.00. The molecule has 0 unspecified atom stereocenters. The van der Waals surface area contributed by atoms with E-state index in [-0.39, 0.29) is 24.5 Å². The lowest BCUT2D eigenvalue weighted by Gasteiger charge is -2.20. The zero-order valence-corrected chi connectivity index (χ0v) is 20.2. The number of thiophene rings is 1. The molecule has 2 amide bonds. The SMILES string of the molecule is O=C(NCc1ccc2c(c1)OCO2)c1c(NC(=O)C2CCCCC2)sc2c1CCCC2.O=C(O)O. The summed E-state index contributed by atoms with van der Waals surface area (Å²) in [6, 6.07) is 5.70. The van der Waals surface area contributed by atoms with Crippen LogP contribution in [0.25, 0.3) is 0 Å². The Morgan fingerprint density at radius 2 is 1.69 bits per heavy atom. The van der Waals surface area contributed by atoms with E-state index in [0.717, 1.165) is 73.2 Å². The average Bonchev–Trinajstić information content (AvgIpc) is 3.46. The van der Waals surface area contributed by atoms with Crippen LogP contribution in [0.15, 0.2) is 18.2 Å². The molecular weight excluding hydrogens is 472 g/mol. The average molecular weight is 503 g/mol. The van der Waals surface area contributed by atoms with Gasteiger partial charge in [0.25, 0.3) is 5.91 Å². The number of nitrogens with one attached hydrogen (secondary N) is 2. The van der Waals surface area contributed by atoms with Gasteiger partial charge in [0.2, 0.25) is 12.7 Å². The van der Waals surface area contributed by atoms with Crippen LogP contribution in [0, 0.1) is 5.92 Å². The van der Waals surface area contributed by atoms with Crippen molar-refractivity contribution in [1.82, 2.24) is 5.32 Å². The summed E-state index contributed by atoms with van der Waals surface area (Å²) >= 11 is 1.59.